The van der Waals surface area contributed by atoms with Gasteiger partial charge in [-0.05, 0) is 19.4 Å². The molecule has 0 saturated heterocycles. The first kappa shape index (κ1) is 25.7. The molecule has 0 aliphatic heterocycles. The lowest BCUT2D eigenvalue weighted by Crippen LogP contribution is -2.21. The molecule has 23 heavy (non-hydrogen) atoms. The third-order valence-corrected chi connectivity index (χ3v) is 5.92. The molecule has 0 spiro atoms. The van der Waals surface area contributed by atoms with E-state index in [-0.39, 0.29) is 18.3 Å². The van der Waals surface area contributed by atoms with E-state index in [1.54, 1.807) is 6.92 Å². The number of rotatable bonds is 17. The van der Waals surface area contributed by atoms with Crippen LogP contribution in [0.3, 0.4) is 0 Å². The second-order valence-electron chi connectivity index (χ2n) is 5.71. The van der Waals surface area contributed by atoms with Crippen LogP contribution in [0.2, 0.25) is 0 Å². The summed E-state index contributed by atoms with van der Waals surface area (Å²) in [5, 5.41) is 6.34. The zero-order valence-electron chi connectivity index (χ0n) is 15.0. The summed E-state index contributed by atoms with van der Waals surface area (Å²) in [7, 11) is 3.84. The molecule has 0 heterocycles. The van der Waals surface area contributed by atoms with Crippen molar-refractivity contribution in [1.29, 1.82) is 0 Å². The summed E-state index contributed by atoms with van der Waals surface area (Å²) in [6, 6.07) is 0. The molecule has 0 aliphatic rings. The van der Waals surface area contributed by atoms with Crippen molar-refractivity contribution in [1.82, 2.24) is 10.6 Å². The predicted octanol–water partition coefficient (Wildman–Crippen LogP) is 5.05. The highest BCUT2D eigenvalue weighted by Gasteiger charge is 1.94. The Morgan fingerprint density at radius 3 is 2.04 bits per heavy atom. The van der Waals surface area contributed by atoms with Crippen molar-refractivity contribution in [3.63, 3.8) is 0 Å². The first-order chi connectivity index (χ1) is 10.8. The summed E-state index contributed by atoms with van der Waals surface area (Å²) in [6.45, 7) is 6.93. The van der Waals surface area contributed by atoms with E-state index in [1.807, 2.05) is 21.6 Å². The van der Waals surface area contributed by atoms with E-state index < -0.39 is 0 Å². The molecule has 0 fully saturated rings. The van der Waals surface area contributed by atoms with E-state index in [0.29, 0.717) is 0 Å². The van der Waals surface area contributed by atoms with Gasteiger partial charge >= 0.3 is 0 Å². The number of hydrogen-bond acceptors (Lipinski definition) is 4. The quantitative estimate of drug-likeness (QED) is 0.272. The lowest BCUT2D eigenvalue weighted by atomic mass is 10.1. The van der Waals surface area contributed by atoms with Gasteiger partial charge in [0.25, 0.3) is 0 Å². The molecule has 0 aromatic carbocycles. The second kappa shape index (κ2) is 22.4. The predicted molar refractivity (Wildman–Crippen MR) is 111 cm³/mol. The maximum absolute atomic E-state index is 10.7. The van der Waals surface area contributed by atoms with Crippen molar-refractivity contribution in [2.75, 3.05) is 31.1 Å². The molecule has 0 atom stereocenters. The molecule has 0 rings (SSSR count). The SMILES string of the molecule is CCCCCCCCCCNCCSSCCCNC(C)=O.Cl. The van der Waals surface area contributed by atoms with E-state index in [4.69, 9.17) is 0 Å². The van der Waals surface area contributed by atoms with Crippen LogP contribution in [0.5, 0.6) is 0 Å². The molecule has 2 N–H and O–H groups in total. The number of nitrogens with one attached hydrogen (secondary N) is 2. The third kappa shape index (κ3) is 24.8. The summed E-state index contributed by atoms with van der Waals surface area (Å²) >= 11 is 0. The van der Waals surface area contributed by atoms with Gasteiger partial charge < -0.3 is 10.6 Å². The van der Waals surface area contributed by atoms with Crippen LogP contribution in [-0.4, -0.2) is 37.0 Å². The highest BCUT2D eigenvalue weighted by Crippen LogP contribution is 2.20. The third-order valence-electron chi connectivity index (χ3n) is 3.43. The molecule has 0 aliphatic carbocycles. The largest absolute Gasteiger partial charge is 0.356 e. The number of hydrogen-bond donors (Lipinski definition) is 2. The highest BCUT2D eigenvalue weighted by atomic mass is 35.5. The Bertz CT molecular complexity index is 247. The molecule has 3 nitrogen and oxygen atoms in total. The van der Waals surface area contributed by atoms with Crippen molar-refractivity contribution in [2.45, 2.75) is 71.6 Å². The minimum absolute atomic E-state index is 0. The van der Waals surface area contributed by atoms with Gasteiger partial charge in [-0.1, -0.05) is 73.5 Å². The van der Waals surface area contributed by atoms with Gasteiger partial charge in [0.05, 0.1) is 0 Å². The molecule has 6 heteroatoms. The molecule has 140 valence electrons. The normalized spacial score (nSPS) is 10.3. The summed E-state index contributed by atoms with van der Waals surface area (Å²) in [4.78, 5) is 10.7. The summed E-state index contributed by atoms with van der Waals surface area (Å²) < 4.78 is 0. The lowest BCUT2D eigenvalue weighted by molar-refractivity contribution is -0.118. The van der Waals surface area contributed by atoms with Crippen LogP contribution in [0.4, 0.5) is 0 Å². The zero-order chi connectivity index (χ0) is 16.3. The Labute approximate surface area is 158 Å². The summed E-state index contributed by atoms with van der Waals surface area (Å²) in [6.07, 6.45) is 12.2. The van der Waals surface area contributed by atoms with Crippen molar-refractivity contribution >= 4 is 39.9 Å². The van der Waals surface area contributed by atoms with Crippen LogP contribution < -0.4 is 10.6 Å². The van der Waals surface area contributed by atoms with Crippen LogP contribution in [0, 0.1) is 0 Å². The lowest BCUT2D eigenvalue weighted by Gasteiger charge is -2.05. The van der Waals surface area contributed by atoms with Gasteiger partial charge in [0.1, 0.15) is 0 Å². The van der Waals surface area contributed by atoms with Crippen LogP contribution in [0.1, 0.15) is 71.6 Å². The van der Waals surface area contributed by atoms with Gasteiger partial charge in [-0.3, -0.25) is 4.79 Å². The Balaban J connectivity index is 0. The Kier molecular flexibility index (Phi) is 25.0. The Hall–Kier alpha value is 0.420. The second-order valence-corrected chi connectivity index (χ2v) is 8.41. The van der Waals surface area contributed by atoms with E-state index >= 15 is 0 Å². The van der Waals surface area contributed by atoms with E-state index in [0.717, 1.165) is 25.3 Å². The Morgan fingerprint density at radius 1 is 0.783 bits per heavy atom. The molecule has 0 bridgehead atoms. The van der Waals surface area contributed by atoms with Crippen LogP contribution in [0.15, 0.2) is 0 Å². The molecule has 1 amide bonds. The van der Waals surface area contributed by atoms with Crippen LogP contribution in [0.25, 0.3) is 0 Å². The van der Waals surface area contributed by atoms with E-state index in [1.165, 1.54) is 63.7 Å². The smallest absolute Gasteiger partial charge is 0.216 e. The van der Waals surface area contributed by atoms with Gasteiger partial charge in [0, 0.05) is 31.5 Å². The fourth-order valence-corrected chi connectivity index (χ4v) is 4.17. The van der Waals surface area contributed by atoms with Gasteiger partial charge in [0.15, 0.2) is 0 Å². The average Bonchev–Trinajstić information content (AvgIpc) is 2.50. The molecule has 0 aromatic heterocycles. The first-order valence-corrected chi connectivity index (χ1v) is 11.5. The van der Waals surface area contributed by atoms with Crippen LogP contribution >= 0.6 is 34.0 Å². The van der Waals surface area contributed by atoms with E-state index in [2.05, 4.69) is 17.6 Å². The fourth-order valence-electron chi connectivity index (χ4n) is 2.14. The maximum Gasteiger partial charge on any atom is 0.216 e. The van der Waals surface area contributed by atoms with E-state index in [9.17, 15) is 4.79 Å². The molecule has 0 aromatic rings. The molecule has 0 unspecified atom stereocenters. The Morgan fingerprint density at radius 2 is 1.39 bits per heavy atom. The number of amides is 1. The minimum Gasteiger partial charge on any atom is -0.356 e. The number of carbonyl (C=O) groups excluding carboxylic acids is 1. The monoisotopic (exact) mass is 384 g/mol. The van der Waals surface area contributed by atoms with Crippen molar-refractivity contribution in [2.24, 2.45) is 0 Å². The standard InChI is InChI=1S/C17H36N2OS2.ClH/c1-3-4-5-6-7-8-9-10-12-18-14-16-22-21-15-11-13-19-17(2)20;/h18H,3-16H2,1-2H3,(H,19,20);1H. The van der Waals surface area contributed by atoms with Gasteiger partial charge in [-0.15, -0.1) is 12.4 Å². The van der Waals surface area contributed by atoms with Gasteiger partial charge in [0.2, 0.25) is 5.91 Å². The minimum atomic E-state index is 0. The van der Waals surface area contributed by atoms with Gasteiger partial charge in [-0.2, -0.15) is 0 Å². The van der Waals surface area contributed by atoms with Gasteiger partial charge in [-0.25, -0.2) is 0 Å². The number of carbonyl (C=O) groups is 1. The molecular formula is C17H37ClN2OS2. The first-order valence-electron chi connectivity index (χ1n) is 8.97. The van der Waals surface area contributed by atoms with Crippen molar-refractivity contribution < 1.29 is 4.79 Å². The van der Waals surface area contributed by atoms with Crippen molar-refractivity contribution in [3.8, 4) is 0 Å². The number of halogens is 1. The molecular weight excluding hydrogens is 348 g/mol. The molecule has 0 saturated carbocycles. The summed E-state index contributed by atoms with van der Waals surface area (Å²) in [5.41, 5.74) is 0. The maximum atomic E-state index is 10.7. The van der Waals surface area contributed by atoms with Crippen LogP contribution in [-0.2, 0) is 4.79 Å². The number of unbranched alkanes of at least 4 members (excludes halogenated alkanes) is 7. The fraction of sp³-hybridized carbons (Fsp3) is 0.941. The topological polar surface area (TPSA) is 41.1 Å². The summed E-state index contributed by atoms with van der Waals surface area (Å²) in [5.74, 6) is 2.35. The molecule has 0 radical (unpaired) electrons. The average molecular weight is 385 g/mol. The van der Waals surface area contributed by atoms with Crippen molar-refractivity contribution in [3.05, 3.63) is 0 Å². The highest BCUT2D eigenvalue weighted by molar-refractivity contribution is 8.76. The zero-order valence-corrected chi connectivity index (χ0v) is 17.5.